The summed E-state index contributed by atoms with van der Waals surface area (Å²) in [7, 11) is 1.56. The Bertz CT molecular complexity index is 490. The van der Waals surface area contributed by atoms with Crippen molar-refractivity contribution in [3.63, 3.8) is 0 Å². The van der Waals surface area contributed by atoms with Crippen LogP contribution in [-0.2, 0) is 0 Å². The highest BCUT2D eigenvalue weighted by Gasteiger charge is 2.18. The number of benzene rings is 1. The number of likely N-dealkylation sites (N-methyl/N-ethyl adjacent to an activating group) is 1. The SMILES string of the molecule is CN(CC(C)(C)O)C(=O)NCCOc1ccc(F)c(F)c1. The number of urea groups is 1. The smallest absolute Gasteiger partial charge is 0.317 e. The zero-order chi connectivity index (χ0) is 16.0. The molecule has 2 amide bonds. The lowest BCUT2D eigenvalue weighted by atomic mass is 10.1. The summed E-state index contributed by atoms with van der Waals surface area (Å²) in [6.07, 6.45) is 0. The second-order valence-electron chi connectivity index (χ2n) is 5.32. The summed E-state index contributed by atoms with van der Waals surface area (Å²) < 4.78 is 30.8. The van der Waals surface area contributed by atoms with Crippen LogP contribution in [-0.4, -0.2) is 48.4 Å². The van der Waals surface area contributed by atoms with Gasteiger partial charge in [0.15, 0.2) is 11.6 Å². The summed E-state index contributed by atoms with van der Waals surface area (Å²) in [6, 6.07) is 2.87. The van der Waals surface area contributed by atoms with Crippen LogP contribution in [0.2, 0.25) is 0 Å². The molecule has 0 atom stereocenters. The van der Waals surface area contributed by atoms with Gasteiger partial charge in [0.1, 0.15) is 12.4 Å². The molecule has 7 heteroatoms. The maximum Gasteiger partial charge on any atom is 0.317 e. The molecule has 0 aromatic heterocycles. The third kappa shape index (κ3) is 6.40. The molecule has 118 valence electrons. The van der Waals surface area contributed by atoms with Crippen LogP contribution in [0.5, 0.6) is 5.75 Å². The van der Waals surface area contributed by atoms with Crippen molar-refractivity contribution in [1.29, 1.82) is 0 Å². The largest absolute Gasteiger partial charge is 0.492 e. The van der Waals surface area contributed by atoms with Crippen molar-refractivity contribution in [2.75, 3.05) is 26.7 Å². The zero-order valence-corrected chi connectivity index (χ0v) is 12.3. The first-order valence-corrected chi connectivity index (χ1v) is 6.48. The Labute approximate surface area is 122 Å². The van der Waals surface area contributed by atoms with E-state index in [2.05, 4.69) is 5.32 Å². The first kappa shape index (κ1) is 17.2. The third-order valence-corrected chi connectivity index (χ3v) is 2.51. The summed E-state index contributed by atoms with van der Waals surface area (Å²) in [4.78, 5) is 13.0. The third-order valence-electron chi connectivity index (χ3n) is 2.51. The van der Waals surface area contributed by atoms with Crippen LogP contribution in [0, 0.1) is 11.6 Å². The topological polar surface area (TPSA) is 61.8 Å². The van der Waals surface area contributed by atoms with Gasteiger partial charge in [-0.1, -0.05) is 0 Å². The molecule has 0 saturated heterocycles. The summed E-state index contributed by atoms with van der Waals surface area (Å²) in [5, 5.41) is 12.2. The number of carbonyl (C=O) groups is 1. The average molecular weight is 302 g/mol. The van der Waals surface area contributed by atoms with E-state index in [1.54, 1.807) is 20.9 Å². The molecule has 1 aromatic carbocycles. The van der Waals surface area contributed by atoms with Crippen LogP contribution < -0.4 is 10.1 Å². The van der Waals surface area contributed by atoms with E-state index in [0.717, 1.165) is 12.1 Å². The summed E-state index contributed by atoms with van der Waals surface area (Å²) in [6.45, 7) is 3.70. The number of nitrogens with one attached hydrogen (secondary N) is 1. The Kier molecular flexibility index (Phi) is 5.90. The molecular formula is C14H20F2N2O3. The molecule has 5 nitrogen and oxygen atoms in total. The number of halogens is 2. The van der Waals surface area contributed by atoms with Gasteiger partial charge in [0.05, 0.1) is 18.7 Å². The van der Waals surface area contributed by atoms with Gasteiger partial charge in [-0.05, 0) is 26.0 Å². The van der Waals surface area contributed by atoms with Crippen LogP contribution in [0.4, 0.5) is 13.6 Å². The number of carbonyl (C=O) groups excluding carboxylic acids is 1. The minimum Gasteiger partial charge on any atom is -0.492 e. The molecular weight excluding hydrogens is 282 g/mol. The number of hydrogen-bond acceptors (Lipinski definition) is 3. The predicted molar refractivity (Wildman–Crippen MR) is 74.2 cm³/mol. The highest BCUT2D eigenvalue weighted by atomic mass is 19.2. The summed E-state index contributed by atoms with van der Waals surface area (Å²) in [5.41, 5.74) is -0.978. The fraction of sp³-hybridized carbons (Fsp3) is 0.500. The van der Waals surface area contributed by atoms with Crippen LogP contribution in [0.1, 0.15) is 13.8 Å². The molecule has 0 heterocycles. The van der Waals surface area contributed by atoms with E-state index in [-0.39, 0.29) is 31.5 Å². The normalized spacial score (nSPS) is 11.1. The molecule has 0 saturated carbocycles. The standard InChI is InChI=1S/C14H20F2N2O3/c1-14(2,20)9-18(3)13(19)17-6-7-21-10-4-5-11(15)12(16)8-10/h4-5,8,20H,6-7,9H2,1-3H3,(H,17,19). The molecule has 2 N–H and O–H groups in total. The van der Waals surface area contributed by atoms with Crippen LogP contribution in [0.25, 0.3) is 0 Å². The lowest BCUT2D eigenvalue weighted by Crippen LogP contribution is -2.45. The number of ether oxygens (including phenoxy) is 1. The van der Waals surface area contributed by atoms with Crippen molar-refractivity contribution in [1.82, 2.24) is 10.2 Å². The van der Waals surface area contributed by atoms with Gasteiger partial charge >= 0.3 is 6.03 Å². The lowest BCUT2D eigenvalue weighted by Gasteiger charge is -2.25. The van der Waals surface area contributed by atoms with E-state index in [9.17, 15) is 18.7 Å². The molecule has 0 unspecified atom stereocenters. The van der Waals surface area contributed by atoms with E-state index in [4.69, 9.17) is 4.74 Å². The Balaban J connectivity index is 2.30. The first-order valence-electron chi connectivity index (χ1n) is 6.48. The molecule has 0 aliphatic heterocycles. The van der Waals surface area contributed by atoms with Crippen LogP contribution in [0.3, 0.4) is 0 Å². The van der Waals surface area contributed by atoms with Crippen molar-refractivity contribution < 1.29 is 23.4 Å². The van der Waals surface area contributed by atoms with Gasteiger partial charge in [-0.25, -0.2) is 13.6 Å². The Morgan fingerprint density at radius 3 is 2.62 bits per heavy atom. The number of aliphatic hydroxyl groups is 1. The molecule has 1 rings (SSSR count). The minimum absolute atomic E-state index is 0.118. The van der Waals surface area contributed by atoms with E-state index in [0.29, 0.717) is 0 Å². The Morgan fingerprint density at radius 1 is 1.38 bits per heavy atom. The molecule has 0 fully saturated rings. The quantitative estimate of drug-likeness (QED) is 0.787. The van der Waals surface area contributed by atoms with Crippen LogP contribution >= 0.6 is 0 Å². The van der Waals surface area contributed by atoms with Crippen molar-refractivity contribution in [2.45, 2.75) is 19.4 Å². The van der Waals surface area contributed by atoms with E-state index in [1.165, 1.54) is 11.0 Å². The summed E-state index contributed by atoms with van der Waals surface area (Å²) >= 11 is 0. The van der Waals surface area contributed by atoms with Crippen LogP contribution in [0.15, 0.2) is 18.2 Å². The van der Waals surface area contributed by atoms with E-state index in [1.807, 2.05) is 0 Å². The fourth-order valence-corrected chi connectivity index (χ4v) is 1.68. The maximum atomic E-state index is 12.9. The second kappa shape index (κ2) is 7.21. The van der Waals surface area contributed by atoms with Crippen molar-refractivity contribution in [3.8, 4) is 5.75 Å². The molecule has 0 aliphatic rings. The molecule has 0 bridgehead atoms. The number of hydrogen-bond donors (Lipinski definition) is 2. The van der Waals surface area contributed by atoms with E-state index >= 15 is 0 Å². The molecule has 21 heavy (non-hydrogen) atoms. The zero-order valence-electron chi connectivity index (χ0n) is 12.3. The van der Waals surface area contributed by atoms with Gasteiger partial charge in [0.25, 0.3) is 0 Å². The first-order chi connectivity index (χ1) is 9.69. The highest BCUT2D eigenvalue weighted by Crippen LogP contribution is 2.14. The van der Waals surface area contributed by atoms with Gasteiger partial charge in [-0.15, -0.1) is 0 Å². The molecule has 1 aromatic rings. The van der Waals surface area contributed by atoms with Gasteiger partial charge < -0.3 is 20.1 Å². The van der Waals surface area contributed by atoms with Gasteiger partial charge in [0, 0.05) is 13.1 Å². The Hall–Kier alpha value is -1.89. The fourth-order valence-electron chi connectivity index (χ4n) is 1.68. The molecule has 0 aliphatic carbocycles. The van der Waals surface area contributed by atoms with Gasteiger partial charge in [-0.3, -0.25) is 0 Å². The number of nitrogens with zero attached hydrogens (tertiary/aromatic N) is 1. The van der Waals surface area contributed by atoms with E-state index < -0.39 is 17.2 Å². The molecule has 0 spiro atoms. The van der Waals surface area contributed by atoms with Crippen molar-refractivity contribution >= 4 is 6.03 Å². The maximum absolute atomic E-state index is 12.9. The van der Waals surface area contributed by atoms with Crippen molar-refractivity contribution in [2.24, 2.45) is 0 Å². The highest BCUT2D eigenvalue weighted by molar-refractivity contribution is 5.73. The number of amides is 2. The predicted octanol–water partition coefficient (Wildman–Crippen LogP) is 1.76. The lowest BCUT2D eigenvalue weighted by molar-refractivity contribution is 0.0531. The monoisotopic (exact) mass is 302 g/mol. The second-order valence-corrected chi connectivity index (χ2v) is 5.32. The van der Waals surface area contributed by atoms with Gasteiger partial charge in [-0.2, -0.15) is 0 Å². The molecule has 0 radical (unpaired) electrons. The minimum atomic E-state index is -0.985. The Morgan fingerprint density at radius 2 is 2.05 bits per heavy atom. The van der Waals surface area contributed by atoms with Gasteiger partial charge in [0.2, 0.25) is 0 Å². The average Bonchev–Trinajstić information content (AvgIpc) is 2.36. The van der Waals surface area contributed by atoms with Crippen molar-refractivity contribution in [3.05, 3.63) is 29.8 Å². The summed E-state index contributed by atoms with van der Waals surface area (Å²) in [5.74, 6) is -1.74. The number of rotatable bonds is 6.